The molecule has 2 N–H and O–H groups in total. The van der Waals surface area contributed by atoms with E-state index in [-0.39, 0.29) is 0 Å². The molecule has 0 fully saturated rings. The van der Waals surface area contributed by atoms with E-state index in [0.29, 0.717) is 5.25 Å². The molecule has 0 bridgehead atoms. The molecule has 0 aliphatic carbocycles. The molecular weight excluding hydrogens is 270 g/mol. The first kappa shape index (κ1) is 15.0. The van der Waals surface area contributed by atoms with Crippen molar-refractivity contribution in [3.63, 3.8) is 0 Å². The number of hydrogen-bond donors (Lipinski definition) is 2. The molecule has 2 rings (SSSR count). The van der Waals surface area contributed by atoms with E-state index >= 15 is 0 Å². The molecule has 5 nitrogen and oxygen atoms in total. The summed E-state index contributed by atoms with van der Waals surface area (Å²) in [5.41, 5.74) is 0.879. The van der Waals surface area contributed by atoms with Crippen molar-refractivity contribution in [2.45, 2.75) is 31.9 Å². The molecule has 0 saturated heterocycles. The number of aromatic nitrogens is 3. The molecule has 0 aliphatic rings. The lowest BCUT2D eigenvalue weighted by atomic mass is 10.3. The topological polar surface area (TPSA) is 54.2 Å². The van der Waals surface area contributed by atoms with Gasteiger partial charge in [-0.2, -0.15) is 11.8 Å². The quantitative estimate of drug-likeness (QED) is 0.783. The average Bonchev–Trinajstić information content (AvgIpc) is 2.93. The van der Waals surface area contributed by atoms with Gasteiger partial charge in [-0.3, -0.25) is 0 Å². The van der Waals surface area contributed by atoms with Gasteiger partial charge in [-0.1, -0.05) is 13.8 Å². The summed E-state index contributed by atoms with van der Waals surface area (Å²) in [6, 6.07) is 0. The maximum Gasteiger partial charge on any atom is 0.180 e. The number of nitrogens with one attached hydrogen (secondary N) is 2. The molecule has 0 saturated carbocycles. The Kier molecular flexibility index (Phi) is 5.52. The molecule has 0 spiro atoms. The van der Waals surface area contributed by atoms with Gasteiger partial charge in [0, 0.05) is 30.7 Å². The molecule has 2 heterocycles. The molecule has 110 valence electrons. The van der Waals surface area contributed by atoms with Gasteiger partial charge in [0.25, 0.3) is 0 Å². The highest BCUT2D eigenvalue weighted by Gasteiger charge is 2.07. The summed E-state index contributed by atoms with van der Waals surface area (Å²) in [5, 5.41) is 7.38. The number of thioether (sulfide) groups is 1. The maximum atomic E-state index is 4.62. The second-order valence-electron chi connectivity index (χ2n) is 4.82. The highest BCUT2D eigenvalue weighted by Crippen LogP contribution is 2.17. The van der Waals surface area contributed by atoms with Crippen LogP contribution in [0.25, 0.3) is 5.65 Å². The van der Waals surface area contributed by atoms with Crippen molar-refractivity contribution in [2.24, 2.45) is 0 Å². The Balaban J connectivity index is 2.10. The van der Waals surface area contributed by atoms with Gasteiger partial charge in [-0.05, 0) is 19.1 Å². The smallest absolute Gasteiger partial charge is 0.180 e. The second-order valence-corrected chi connectivity index (χ2v) is 6.10. The maximum absolute atomic E-state index is 4.62. The predicted molar refractivity (Wildman–Crippen MR) is 87.9 cm³/mol. The molecule has 20 heavy (non-hydrogen) atoms. The van der Waals surface area contributed by atoms with E-state index in [1.165, 1.54) is 0 Å². The lowest BCUT2D eigenvalue weighted by Gasteiger charge is -2.12. The van der Waals surface area contributed by atoms with Gasteiger partial charge in [0.1, 0.15) is 5.82 Å². The minimum absolute atomic E-state index is 0.652. The molecule has 0 radical (unpaired) electrons. The number of rotatable bonds is 8. The number of fused-ring (bicyclic) bond motifs is 1. The third kappa shape index (κ3) is 3.79. The van der Waals surface area contributed by atoms with E-state index in [1.807, 2.05) is 28.6 Å². The molecule has 2 aromatic heterocycles. The fourth-order valence-electron chi connectivity index (χ4n) is 1.90. The summed E-state index contributed by atoms with van der Waals surface area (Å²) < 4.78 is 2.01. The molecule has 2 aromatic rings. The summed E-state index contributed by atoms with van der Waals surface area (Å²) in [6.07, 6.45) is 10.1. The molecule has 0 aliphatic heterocycles. The van der Waals surface area contributed by atoms with Crippen molar-refractivity contribution in [1.29, 1.82) is 0 Å². The van der Waals surface area contributed by atoms with E-state index in [2.05, 4.69) is 40.7 Å². The number of nitrogens with zero attached hydrogens (tertiary/aromatic N) is 3. The van der Waals surface area contributed by atoms with E-state index in [0.717, 1.165) is 43.2 Å². The highest BCUT2D eigenvalue weighted by atomic mass is 32.2. The lowest BCUT2D eigenvalue weighted by Crippen LogP contribution is -2.11. The summed E-state index contributed by atoms with van der Waals surface area (Å²) in [4.78, 5) is 8.98. The van der Waals surface area contributed by atoms with Gasteiger partial charge in [0.2, 0.25) is 0 Å². The van der Waals surface area contributed by atoms with Gasteiger partial charge >= 0.3 is 0 Å². The summed E-state index contributed by atoms with van der Waals surface area (Å²) >= 11 is 1.89. The van der Waals surface area contributed by atoms with E-state index in [9.17, 15) is 0 Å². The Labute approximate surface area is 124 Å². The van der Waals surface area contributed by atoms with Crippen LogP contribution in [0.15, 0.2) is 18.6 Å². The molecular formula is C14H23N5S. The van der Waals surface area contributed by atoms with Crippen LogP contribution in [0.3, 0.4) is 0 Å². The summed E-state index contributed by atoms with van der Waals surface area (Å²) in [7, 11) is 0. The van der Waals surface area contributed by atoms with Gasteiger partial charge in [0.05, 0.1) is 6.20 Å². The minimum Gasteiger partial charge on any atom is -0.369 e. The van der Waals surface area contributed by atoms with Crippen LogP contribution in [0, 0.1) is 0 Å². The minimum atomic E-state index is 0.652. The Morgan fingerprint density at radius 2 is 2.20 bits per heavy atom. The van der Waals surface area contributed by atoms with Crippen LogP contribution in [-0.4, -0.2) is 39.0 Å². The second kappa shape index (κ2) is 7.38. The van der Waals surface area contributed by atoms with Crippen LogP contribution in [-0.2, 0) is 0 Å². The molecule has 0 amide bonds. The van der Waals surface area contributed by atoms with E-state index in [4.69, 9.17) is 0 Å². The Morgan fingerprint density at radius 3 is 2.95 bits per heavy atom. The third-order valence-corrected chi connectivity index (χ3v) is 4.22. The van der Waals surface area contributed by atoms with Gasteiger partial charge < -0.3 is 15.0 Å². The summed E-state index contributed by atoms with van der Waals surface area (Å²) in [5.74, 6) is 1.74. The SMILES string of the molecule is CCCNc1cn2ccnc2c(NCCC(C)SC)n1. The number of imidazole rings is 1. The molecule has 6 heteroatoms. The Bertz CT molecular complexity index is 539. The van der Waals surface area contributed by atoms with Crippen LogP contribution in [0.5, 0.6) is 0 Å². The summed E-state index contributed by atoms with van der Waals surface area (Å²) in [6.45, 7) is 6.22. The van der Waals surface area contributed by atoms with Gasteiger partial charge in [-0.25, -0.2) is 9.97 Å². The monoisotopic (exact) mass is 293 g/mol. The van der Waals surface area contributed by atoms with Crippen molar-refractivity contribution in [1.82, 2.24) is 14.4 Å². The van der Waals surface area contributed by atoms with Crippen LogP contribution in [0.1, 0.15) is 26.7 Å². The lowest BCUT2D eigenvalue weighted by molar-refractivity contribution is 0.849. The van der Waals surface area contributed by atoms with E-state index < -0.39 is 0 Å². The molecule has 1 atom stereocenters. The Morgan fingerprint density at radius 1 is 1.35 bits per heavy atom. The van der Waals surface area contributed by atoms with Crippen LogP contribution < -0.4 is 10.6 Å². The van der Waals surface area contributed by atoms with Crippen molar-refractivity contribution in [3.8, 4) is 0 Å². The van der Waals surface area contributed by atoms with Crippen molar-refractivity contribution in [2.75, 3.05) is 30.0 Å². The normalized spacial score (nSPS) is 12.6. The van der Waals surface area contributed by atoms with Crippen LogP contribution >= 0.6 is 11.8 Å². The third-order valence-electron chi connectivity index (χ3n) is 3.18. The van der Waals surface area contributed by atoms with Crippen molar-refractivity contribution < 1.29 is 0 Å². The number of hydrogen-bond acceptors (Lipinski definition) is 5. The fraction of sp³-hybridized carbons (Fsp3) is 0.571. The first-order valence-electron chi connectivity index (χ1n) is 7.08. The van der Waals surface area contributed by atoms with E-state index in [1.54, 1.807) is 6.20 Å². The first-order valence-corrected chi connectivity index (χ1v) is 8.37. The van der Waals surface area contributed by atoms with Crippen molar-refractivity contribution >= 4 is 29.0 Å². The standard InChI is InChI=1S/C14H23N5S/c1-4-6-15-12-10-19-9-8-17-14(19)13(18-12)16-7-5-11(2)20-3/h8-11,15H,4-7H2,1-3H3,(H,16,18). The van der Waals surface area contributed by atoms with Crippen LogP contribution in [0.2, 0.25) is 0 Å². The fourth-order valence-corrected chi connectivity index (χ4v) is 2.25. The molecule has 0 aromatic carbocycles. The molecule has 1 unspecified atom stereocenters. The van der Waals surface area contributed by atoms with Gasteiger partial charge in [-0.15, -0.1) is 0 Å². The average molecular weight is 293 g/mol. The van der Waals surface area contributed by atoms with Crippen molar-refractivity contribution in [3.05, 3.63) is 18.6 Å². The number of anilines is 2. The Hall–Kier alpha value is -1.43. The van der Waals surface area contributed by atoms with Crippen LogP contribution in [0.4, 0.5) is 11.6 Å². The predicted octanol–water partition coefficient (Wildman–Crippen LogP) is 3.10. The van der Waals surface area contributed by atoms with Gasteiger partial charge in [0.15, 0.2) is 11.5 Å². The zero-order valence-electron chi connectivity index (χ0n) is 12.4. The zero-order valence-corrected chi connectivity index (χ0v) is 13.2. The zero-order chi connectivity index (χ0) is 14.4. The first-order chi connectivity index (χ1) is 9.74. The largest absolute Gasteiger partial charge is 0.369 e. The highest BCUT2D eigenvalue weighted by molar-refractivity contribution is 7.99.